The van der Waals surface area contributed by atoms with E-state index < -0.39 is 0 Å². The highest BCUT2D eigenvalue weighted by Gasteiger charge is 2.00. The van der Waals surface area contributed by atoms with E-state index in [1.807, 2.05) is 72.6 Å². The lowest BCUT2D eigenvalue weighted by Gasteiger charge is -2.01. The van der Waals surface area contributed by atoms with Crippen LogP contribution in [0, 0.1) is 0 Å². The first-order valence-electron chi connectivity index (χ1n) is 6.44. The summed E-state index contributed by atoms with van der Waals surface area (Å²) in [4.78, 5) is 4.47. The molecular formula is C17H15N2O+. The lowest BCUT2D eigenvalue weighted by molar-refractivity contribution is -0.671. The second kappa shape index (κ2) is 5.13. The lowest BCUT2D eigenvalue weighted by atomic mass is 10.1. The van der Waals surface area contributed by atoms with Crippen molar-refractivity contribution >= 4 is 23.1 Å². The zero-order chi connectivity index (χ0) is 13.9. The van der Waals surface area contributed by atoms with Crippen molar-refractivity contribution in [3.63, 3.8) is 0 Å². The molecule has 0 saturated carbocycles. The van der Waals surface area contributed by atoms with E-state index in [1.165, 1.54) is 0 Å². The van der Waals surface area contributed by atoms with Crippen LogP contribution in [0.1, 0.15) is 11.3 Å². The summed E-state index contributed by atoms with van der Waals surface area (Å²) < 4.78 is 1.99. The number of pyridine rings is 2. The summed E-state index contributed by atoms with van der Waals surface area (Å²) in [6, 6.07) is 13.4. The molecule has 98 valence electrons. The van der Waals surface area contributed by atoms with Gasteiger partial charge in [-0.2, -0.15) is 0 Å². The van der Waals surface area contributed by atoms with Gasteiger partial charge < -0.3 is 5.11 Å². The Morgan fingerprint density at radius 3 is 2.60 bits per heavy atom. The van der Waals surface area contributed by atoms with Crippen LogP contribution in [0.5, 0.6) is 5.75 Å². The van der Waals surface area contributed by atoms with Gasteiger partial charge in [-0.15, -0.1) is 0 Å². The largest absolute Gasteiger partial charge is 0.506 e. The number of fused-ring (bicyclic) bond motifs is 1. The third kappa shape index (κ3) is 2.52. The fourth-order valence-corrected chi connectivity index (χ4v) is 2.04. The summed E-state index contributed by atoms with van der Waals surface area (Å²) in [6.07, 6.45) is 7.95. The molecule has 3 nitrogen and oxygen atoms in total. The number of hydrogen-bond donors (Lipinski definition) is 1. The first kappa shape index (κ1) is 12.4. The molecule has 1 N–H and O–H groups in total. The number of aryl methyl sites for hydroxylation is 1. The second-order valence-corrected chi connectivity index (χ2v) is 4.72. The van der Waals surface area contributed by atoms with Crippen molar-refractivity contribution in [2.75, 3.05) is 0 Å². The zero-order valence-corrected chi connectivity index (χ0v) is 11.2. The van der Waals surface area contributed by atoms with Gasteiger partial charge in [0.1, 0.15) is 18.3 Å². The van der Waals surface area contributed by atoms with E-state index in [1.54, 1.807) is 6.07 Å². The van der Waals surface area contributed by atoms with Crippen molar-refractivity contribution in [3.8, 4) is 5.75 Å². The Bertz CT molecular complexity index is 777. The average Bonchev–Trinajstić information content (AvgIpc) is 2.47. The van der Waals surface area contributed by atoms with E-state index in [-0.39, 0.29) is 5.75 Å². The predicted octanol–water partition coefficient (Wildman–Crippen LogP) is 2.94. The van der Waals surface area contributed by atoms with Gasteiger partial charge in [0.2, 0.25) is 0 Å². The van der Waals surface area contributed by atoms with Crippen molar-refractivity contribution in [2.24, 2.45) is 7.05 Å². The molecule has 20 heavy (non-hydrogen) atoms. The van der Waals surface area contributed by atoms with Gasteiger partial charge in [-0.3, -0.25) is 0 Å². The summed E-state index contributed by atoms with van der Waals surface area (Å²) in [5.41, 5.74) is 2.57. The molecule has 3 heteroatoms. The molecule has 0 spiro atoms. The van der Waals surface area contributed by atoms with Gasteiger partial charge in [0.15, 0.2) is 12.4 Å². The number of hydrogen-bond acceptors (Lipinski definition) is 2. The Morgan fingerprint density at radius 1 is 1.00 bits per heavy atom. The van der Waals surface area contributed by atoms with Crippen molar-refractivity contribution < 1.29 is 9.67 Å². The van der Waals surface area contributed by atoms with E-state index in [0.29, 0.717) is 5.52 Å². The van der Waals surface area contributed by atoms with Gasteiger partial charge in [0.25, 0.3) is 0 Å². The molecule has 3 rings (SSSR count). The molecule has 0 atom stereocenters. The molecule has 0 aliphatic rings. The van der Waals surface area contributed by atoms with E-state index >= 15 is 0 Å². The summed E-state index contributed by atoms with van der Waals surface area (Å²) >= 11 is 0. The minimum absolute atomic E-state index is 0.212. The van der Waals surface area contributed by atoms with Crippen molar-refractivity contribution in [1.29, 1.82) is 0 Å². The number of aromatic nitrogens is 2. The Balaban J connectivity index is 1.94. The molecule has 0 aliphatic carbocycles. The van der Waals surface area contributed by atoms with Crippen LogP contribution in [0.3, 0.4) is 0 Å². The maximum atomic E-state index is 9.82. The highest BCUT2D eigenvalue weighted by atomic mass is 16.3. The summed E-state index contributed by atoms with van der Waals surface area (Å²) in [5, 5.41) is 10.8. The van der Waals surface area contributed by atoms with Crippen LogP contribution in [-0.2, 0) is 7.05 Å². The number of aromatic hydroxyl groups is 1. The number of phenolic OH excluding ortho intramolecular Hbond substituents is 1. The monoisotopic (exact) mass is 263 g/mol. The Kier molecular flexibility index (Phi) is 3.17. The van der Waals surface area contributed by atoms with E-state index in [2.05, 4.69) is 4.98 Å². The molecule has 2 aromatic heterocycles. The zero-order valence-electron chi connectivity index (χ0n) is 11.2. The third-order valence-electron chi connectivity index (χ3n) is 3.17. The van der Waals surface area contributed by atoms with Gasteiger partial charge in [-0.25, -0.2) is 9.55 Å². The smallest absolute Gasteiger partial charge is 0.169 e. The number of rotatable bonds is 2. The standard InChI is InChI=1S/C17H14N2O/c1-19-11-9-13(10-12-19)5-7-15-8-6-14-3-2-4-16(20)17(14)18-15/h2-12H,1H3/p+1. The van der Waals surface area contributed by atoms with Crippen molar-refractivity contribution in [2.45, 2.75) is 0 Å². The molecule has 3 aromatic rings. The molecule has 0 amide bonds. The fourth-order valence-electron chi connectivity index (χ4n) is 2.04. The molecular weight excluding hydrogens is 248 g/mol. The summed E-state index contributed by atoms with van der Waals surface area (Å²) in [6.45, 7) is 0. The van der Waals surface area contributed by atoms with Crippen LogP contribution >= 0.6 is 0 Å². The minimum atomic E-state index is 0.212. The molecule has 0 unspecified atom stereocenters. The Morgan fingerprint density at radius 2 is 1.80 bits per heavy atom. The molecule has 1 aromatic carbocycles. The molecule has 0 radical (unpaired) electrons. The molecule has 0 saturated heterocycles. The van der Waals surface area contributed by atoms with E-state index in [4.69, 9.17) is 0 Å². The molecule has 2 heterocycles. The van der Waals surface area contributed by atoms with Crippen LogP contribution in [0.25, 0.3) is 23.1 Å². The highest BCUT2D eigenvalue weighted by Crippen LogP contribution is 2.22. The second-order valence-electron chi connectivity index (χ2n) is 4.72. The number of para-hydroxylation sites is 1. The first-order chi connectivity index (χ1) is 9.72. The van der Waals surface area contributed by atoms with Gasteiger partial charge in [-0.1, -0.05) is 24.3 Å². The molecule has 0 fully saturated rings. The maximum absolute atomic E-state index is 9.82. The highest BCUT2D eigenvalue weighted by molar-refractivity contribution is 5.85. The average molecular weight is 263 g/mol. The van der Waals surface area contributed by atoms with Gasteiger partial charge in [0, 0.05) is 17.5 Å². The maximum Gasteiger partial charge on any atom is 0.169 e. The van der Waals surface area contributed by atoms with Crippen LogP contribution in [-0.4, -0.2) is 10.1 Å². The number of phenols is 1. The van der Waals surface area contributed by atoms with Gasteiger partial charge >= 0.3 is 0 Å². The SMILES string of the molecule is C[n+]1ccc(/C=C/c2ccc3cccc(O)c3n2)cc1. The summed E-state index contributed by atoms with van der Waals surface area (Å²) in [5.74, 6) is 0.212. The predicted molar refractivity (Wildman–Crippen MR) is 80.0 cm³/mol. The first-order valence-corrected chi connectivity index (χ1v) is 6.44. The lowest BCUT2D eigenvalue weighted by Crippen LogP contribution is -2.25. The van der Waals surface area contributed by atoms with Crippen LogP contribution in [0.4, 0.5) is 0 Å². The third-order valence-corrected chi connectivity index (χ3v) is 3.17. The van der Waals surface area contributed by atoms with Crippen LogP contribution in [0.2, 0.25) is 0 Å². The Hall–Kier alpha value is -2.68. The topological polar surface area (TPSA) is 37.0 Å². The fraction of sp³-hybridized carbons (Fsp3) is 0.0588. The van der Waals surface area contributed by atoms with Gasteiger partial charge in [0.05, 0.1) is 5.69 Å². The minimum Gasteiger partial charge on any atom is -0.506 e. The van der Waals surface area contributed by atoms with Crippen LogP contribution in [0.15, 0.2) is 54.9 Å². The van der Waals surface area contributed by atoms with Crippen molar-refractivity contribution in [1.82, 2.24) is 4.98 Å². The van der Waals surface area contributed by atoms with E-state index in [9.17, 15) is 5.11 Å². The van der Waals surface area contributed by atoms with Gasteiger partial charge in [-0.05, 0) is 23.8 Å². The van der Waals surface area contributed by atoms with Crippen LogP contribution < -0.4 is 4.57 Å². The molecule has 0 aliphatic heterocycles. The normalized spacial score (nSPS) is 11.2. The Labute approximate surface area is 117 Å². The quantitative estimate of drug-likeness (QED) is 0.722. The number of benzene rings is 1. The molecule has 0 bridgehead atoms. The van der Waals surface area contributed by atoms with Crippen molar-refractivity contribution in [3.05, 3.63) is 66.1 Å². The number of nitrogens with zero attached hydrogens (tertiary/aromatic N) is 2. The van der Waals surface area contributed by atoms with E-state index in [0.717, 1.165) is 16.6 Å². The summed E-state index contributed by atoms with van der Waals surface area (Å²) in [7, 11) is 1.99.